The fourth-order valence-corrected chi connectivity index (χ4v) is 7.69. The Hall–Kier alpha value is -6.17. The second-order valence-electron chi connectivity index (χ2n) is 12.4. The average Bonchev–Trinajstić information content (AvgIpc) is 3.23. The van der Waals surface area contributed by atoms with Crippen molar-refractivity contribution in [3.63, 3.8) is 0 Å². The summed E-state index contributed by atoms with van der Waals surface area (Å²) in [5.41, 5.74) is 15.2. The van der Waals surface area contributed by atoms with Gasteiger partial charge >= 0.3 is 0 Å². The molecule has 0 aromatic heterocycles. The zero-order valence-electron chi connectivity index (χ0n) is 25.9. The maximum atomic E-state index is 7.48. The summed E-state index contributed by atoms with van der Waals surface area (Å²) in [7, 11) is 0. The van der Waals surface area contributed by atoms with Gasteiger partial charge in [-0.25, -0.2) is 4.85 Å². The molecule has 0 amide bonds. The third kappa shape index (κ3) is 4.04. The minimum Gasteiger partial charge on any atom is -0.457 e. The predicted molar refractivity (Wildman–Crippen MR) is 191 cm³/mol. The van der Waals surface area contributed by atoms with Gasteiger partial charge < -0.3 is 4.74 Å². The van der Waals surface area contributed by atoms with Gasteiger partial charge in [-0.2, -0.15) is 0 Å². The van der Waals surface area contributed by atoms with E-state index in [1.54, 1.807) is 0 Å². The monoisotopic (exact) mass is 599 g/mol. The molecule has 47 heavy (non-hydrogen) atoms. The molecule has 7 aromatic rings. The quantitative estimate of drug-likeness (QED) is 0.180. The van der Waals surface area contributed by atoms with Crippen molar-refractivity contribution >= 4 is 5.69 Å². The Kier molecular flexibility index (Phi) is 6.04. The smallest absolute Gasteiger partial charge is 0.187 e. The minimum absolute atomic E-state index is 0.638. The molecule has 0 radical (unpaired) electrons. The van der Waals surface area contributed by atoms with E-state index < -0.39 is 5.41 Å². The summed E-state index contributed by atoms with van der Waals surface area (Å²) in [6, 6.07) is 56.5. The van der Waals surface area contributed by atoms with Crippen molar-refractivity contribution in [2.75, 3.05) is 0 Å². The highest BCUT2D eigenvalue weighted by molar-refractivity contribution is 5.95. The summed E-state index contributed by atoms with van der Waals surface area (Å²) in [4.78, 5) is 3.63. The normalized spacial score (nSPS) is 13.1. The second kappa shape index (κ2) is 10.4. The van der Waals surface area contributed by atoms with Crippen LogP contribution in [0.2, 0.25) is 0 Å². The van der Waals surface area contributed by atoms with Crippen molar-refractivity contribution in [3.05, 3.63) is 197 Å². The van der Waals surface area contributed by atoms with Gasteiger partial charge in [0, 0.05) is 11.1 Å². The molecule has 0 atom stereocenters. The highest BCUT2D eigenvalue weighted by Crippen LogP contribution is 2.61. The molecule has 1 spiro atoms. The predicted octanol–water partition coefficient (Wildman–Crippen LogP) is 12.0. The largest absolute Gasteiger partial charge is 0.457 e. The molecule has 2 nitrogen and oxygen atoms in total. The molecule has 0 N–H and O–H groups in total. The van der Waals surface area contributed by atoms with Crippen molar-refractivity contribution in [1.29, 1.82) is 0 Å². The van der Waals surface area contributed by atoms with Crippen LogP contribution in [0.4, 0.5) is 5.69 Å². The SMILES string of the molecule is [C-]#[N+]c1ccc(-c2ccc3c(c2)C2(c4ccccc4Oc4ccccc42)c2cc(-c4ccc(C)cc4)ccc2-c2ccccc2-3)cc1. The van der Waals surface area contributed by atoms with E-state index in [1.807, 2.05) is 12.1 Å². The first-order valence-corrected chi connectivity index (χ1v) is 16.0. The van der Waals surface area contributed by atoms with Crippen molar-refractivity contribution in [3.8, 4) is 56.0 Å². The number of ether oxygens (including phenoxy) is 1. The van der Waals surface area contributed by atoms with Crippen LogP contribution in [-0.2, 0) is 5.41 Å². The molecule has 0 fully saturated rings. The lowest BCUT2D eigenvalue weighted by Crippen LogP contribution is -2.34. The van der Waals surface area contributed by atoms with Crippen LogP contribution in [0.5, 0.6) is 11.5 Å². The number of hydrogen-bond donors (Lipinski definition) is 0. The summed E-state index contributed by atoms with van der Waals surface area (Å²) in [6.45, 7) is 9.61. The van der Waals surface area contributed by atoms with E-state index in [0.29, 0.717) is 5.69 Å². The topological polar surface area (TPSA) is 13.6 Å². The van der Waals surface area contributed by atoms with Gasteiger partial charge in [0.2, 0.25) is 0 Å². The lowest BCUT2D eigenvalue weighted by Gasteiger charge is -2.42. The molecule has 7 aromatic carbocycles. The zero-order chi connectivity index (χ0) is 31.5. The number of fused-ring (bicyclic) bond motifs is 11. The Morgan fingerprint density at radius 2 is 0.894 bits per heavy atom. The van der Waals surface area contributed by atoms with Gasteiger partial charge in [-0.05, 0) is 86.8 Å². The molecular weight excluding hydrogens is 571 g/mol. The van der Waals surface area contributed by atoms with Crippen molar-refractivity contribution < 1.29 is 4.74 Å². The van der Waals surface area contributed by atoms with Crippen molar-refractivity contribution in [2.24, 2.45) is 0 Å². The highest BCUT2D eigenvalue weighted by Gasteiger charge is 2.49. The van der Waals surface area contributed by atoms with Gasteiger partial charge in [-0.3, -0.25) is 0 Å². The van der Waals surface area contributed by atoms with Gasteiger partial charge in [0.1, 0.15) is 11.5 Å². The van der Waals surface area contributed by atoms with Crippen LogP contribution in [0.3, 0.4) is 0 Å². The number of para-hydroxylation sites is 2. The van der Waals surface area contributed by atoms with Crippen LogP contribution in [-0.4, -0.2) is 0 Å². The summed E-state index contributed by atoms with van der Waals surface area (Å²) in [5, 5.41) is 0. The maximum absolute atomic E-state index is 7.48. The number of benzene rings is 7. The second-order valence-corrected chi connectivity index (χ2v) is 12.4. The average molecular weight is 600 g/mol. The molecule has 0 saturated heterocycles. The van der Waals surface area contributed by atoms with Crippen LogP contribution >= 0.6 is 0 Å². The Morgan fingerprint density at radius 3 is 1.40 bits per heavy atom. The molecule has 0 saturated carbocycles. The van der Waals surface area contributed by atoms with Gasteiger partial charge in [-0.1, -0.05) is 139 Å². The molecule has 1 aliphatic heterocycles. The molecule has 0 unspecified atom stereocenters. The van der Waals surface area contributed by atoms with E-state index in [2.05, 4.69) is 157 Å². The summed E-state index contributed by atoms with van der Waals surface area (Å²) in [6.07, 6.45) is 0. The lowest BCUT2D eigenvalue weighted by atomic mass is 9.61. The first-order valence-electron chi connectivity index (χ1n) is 16.0. The molecule has 0 bridgehead atoms. The van der Waals surface area contributed by atoms with E-state index in [9.17, 15) is 0 Å². The maximum Gasteiger partial charge on any atom is 0.187 e. The molecule has 220 valence electrons. The Labute approximate surface area is 275 Å². The summed E-state index contributed by atoms with van der Waals surface area (Å²) in [5.74, 6) is 1.73. The van der Waals surface area contributed by atoms with Gasteiger partial charge in [-0.15, -0.1) is 0 Å². The minimum atomic E-state index is -0.692. The first kappa shape index (κ1) is 27.2. The van der Waals surface area contributed by atoms with E-state index in [4.69, 9.17) is 11.3 Å². The Bertz CT molecular complexity index is 2350. The number of rotatable bonds is 2. The van der Waals surface area contributed by atoms with Crippen LogP contribution in [0, 0.1) is 13.5 Å². The third-order valence-corrected chi connectivity index (χ3v) is 9.87. The van der Waals surface area contributed by atoms with Gasteiger partial charge in [0.15, 0.2) is 5.69 Å². The molecular formula is C45H29NO. The van der Waals surface area contributed by atoms with Gasteiger partial charge in [0.25, 0.3) is 0 Å². The zero-order valence-corrected chi connectivity index (χ0v) is 25.9. The van der Waals surface area contributed by atoms with E-state index >= 15 is 0 Å². The fourth-order valence-electron chi connectivity index (χ4n) is 7.69. The van der Waals surface area contributed by atoms with E-state index in [0.717, 1.165) is 33.8 Å². The lowest BCUT2D eigenvalue weighted by molar-refractivity contribution is 0.435. The van der Waals surface area contributed by atoms with Crippen LogP contribution in [0.1, 0.15) is 27.8 Å². The van der Waals surface area contributed by atoms with Crippen molar-refractivity contribution in [2.45, 2.75) is 12.3 Å². The Morgan fingerprint density at radius 1 is 0.447 bits per heavy atom. The Balaban J connectivity index is 1.47. The number of hydrogen-bond acceptors (Lipinski definition) is 1. The van der Waals surface area contributed by atoms with E-state index in [1.165, 1.54) is 50.1 Å². The molecule has 2 heteroatoms. The van der Waals surface area contributed by atoms with Crippen LogP contribution < -0.4 is 4.74 Å². The molecule has 9 rings (SSSR count). The third-order valence-electron chi connectivity index (χ3n) is 9.87. The van der Waals surface area contributed by atoms with E-state index in [-0.39, 0.29) is 0 Å². The van der Waals surface area contributed by atoms with Crippen molar-refractivity contribution in [1.82, 2.24) is 0 Å². The standard InChI is InChI=1S/C45H29NO/c1-29-15-17-30(18-16-29)32-21-25-37-35-9-3-4-10-36(35)38-26-22-33(31-19-23-34(46-2)24-20-31)28-42(38)45(41(37)27-32)39-11-5-7-13-43(39)47-44-14-8-6-12-40(44)45/h3-28H,1H3. The van der Waals surface area contributed by atoms with Gasteiger partial charge in [0.05, 0.1) is 12.0 Å². The number of aryl methyl sites for hydroxylation is 1. The summed E-state index contributed by atoms with van der Waals surface area (Å²) < 4.78 is 6.69. The van der Waals surface area contributed by atoms with Crippen LogP contribution in [0.25, 0.3) is 49.4 Å². The van der Waals surface area contributed by atoms with Crippen LogP contribution in [0.15, 0.2) is 158 Å². The number of nitrogens with zero attached hydrogens (tertiary/aromatic N) is 1. The molecule has 2 aliphatic rings. The highest BCUT2D eigenvalue weighted by atomic mass is 16.5. The summed E-state index contributed by atoms with van der Waals surface area (Å²) >= 11 is 0. The first-order chi connectivity index (χ1) is 23.1. The fraction of sp³-hybridized carbons (Fsp3) is 0.0444. The molecule has 1 heterocycles. The molecule has 1 aliphatic carbocycles.